The first-order valence-corrected chi connectivity index (χ1v) is 3.93. The number of hydrogen-bond donors (Lipinski definition) is 0. The zero-order chi connectivity index (χ0) is 5.70. The molecule has 0 rings (SSSR count). The molecule has 7 heavy (non-hydrogen) atoms. The van der Waals surface area contributed by atoms with Crippen molar-refractivity contribution in [3.8, 4) is 0 Å². The average molecular weight is 137 g/mol. The summed E-state index contributed by atoms with van der Waals surface area (Å²) in [5.74, 6) is 0. The summed E-state index contributed by atoms with van der Waals surface area (Å²) in [6, 6.07) is 0. The summed E-state index contributed by atoms with van der Waals surface area (Å²) in [6.45, 7) is 4.08. The molecule has 0 atom stereocenters. The molecule has 0 aliphatic carbocycles. The van der Waals surface area contributed by atoms with Crippen LogP contribution in [-0.4, -0.2) is 0 Å². The molecule has 0 radical (unpaired) electrons. The van der Waals surface area contributed by atoms with Crippen LogP contribution < -0.4 is 0 Å². The van der Waals surface area contributed by atoms with Crippen LogP contribution in [0.5, 0.6) is 0 Å². The lowest BCUT2D eigenvalue weighted by molar-refractivity contribution is 1.19. The van der Waals surface area contributed by atoms with Crippen LogP contribution in [0.2, 0.25) is 0 Å². The molecule has 0 saturated carbocycles. The molecule has 0 amide bonds. The van der Waals surface area contributed by atoms with Crippen LogP contribution in [0.1, 0.15) is 20.3 Å². The molecule has 0 N–H and O–H groups in total. The summed E-state index contributed by atoms with van der Waals surface area (Å²) < 4.78 is 0. The van der Waals surface area contributed by atoms with E-state index in [0.717, 1.165) is 6.42 Å². The van der Waals surface area contributed by atoms with Gasteiger partial charge < -0.3 is 0 Å². The molecular weight excluding hydrogens is 128 g/mol. The molecule has 0 spiro atoms. The zero-order valence-electron chi connectivity index (χ0n) is 4.57. The molecule has 42 valence electrons. The Morgan fingerprint density at radius 1 is 1.86 bits per heavy atom. The molecule has 0 nitrogen and oxygen atoms in total. The second kappa shape index (κ2) is 4.54. The number of rotatable bonds is 2. The van der Waals surface area contributed by atoms with Crippen molar-refractivity contribution in [2.45, 2.75) is 20.3 Å². The van der Waals surface area contributed by atoms with Crippen molar-refractivity contribution in [2.75, 3.05) is 0 Å². The highest BCUT2D eigenvalue weighted by Gasteiger charge is 1.85. The Bertz CT molecular complexity index is 62.5. The molecule has 0 aromatic carbocycles. The summed E-state index contributed by atoms with van der Waals surface area (Å²) in [7, 11) is 6.72. The van der Waals surface area contributed by atoms with Gasteiger partial charge in [-0.05, 0) is 39.9 Å². The molecule has 0 unspecified atom stereocenters. The maximum absolute atomic E-state index is 5.42. The highest BCUT2D eigenvalue weighted by Crippen LogP contribution is 2.21. The predicted molar refractivity (Wildman–Crippen MR) is 37.5 cm³/mol. The second-order valence-corrected chi connectivity index (χ2v) is 2.33. The fraction of sp³-hybridized carbons (Fsp3) is 0.600. The Morgan fingerprint density at radius 2 is 2.43 bits per heavy atom. The smallest absolute Gasteiger partial charge is 0.00368 e. The molecule has 0 aromatic heterocycles. The highest BCUT2D eigenvalue weighted by atomic mass is 35.7. The molecular formula is C5H9ClS. The van der Waals surface area contributed by atoms with Crippen LogP contribution in [-0.2, 0) is 0 Å². The van der Waals surface area contributed by atoms with Crippen LogP contribution in [0, 0.1) is 0 Å². The van der Waals surface area contributed by atoms with E-state index in [1.54, 1.807) is 0 Å². The maximum atomic E-state index is 5.42. The predicted octanol–water partition coefficient (Wildman–Crippen LogP) is 3.19. The fourth-order valence-corrected chi connectivity index (χ4v) is 1.10. The Kier molecular flexibility index (Phi) is 4.78. The Labute approximate surface area is 53.4 Å². The summed E-state index contributed by atoms with van der Waals surface area (Å²) in [5.41, 5.74) is 0. The van der Waals surface area contributed by atoms with E-state index in [9.17, 15) is 0 Å². The van der Waals surface area contributed by atoms with E-state index in [-0.39, 0.29) is 0 Å². The van der Waals surface area contributed by atoms with Gasteiger partial charge in [0.25, 0.3) is 0 Å². The molecule has 0 aliphatic rings. The van der Waals surface area contributed by atoms with Gasteiger partial charge in [-0.15, -0.1) is 0 Å². The minimum absolute atomic E-state index is 1.05. The van der Waals surface area contributed by atoms with Gasteiger partial charge in [-0.25, -0.2) is 0 Å². The standard InChI is InChI=1S/C5H9ClS/c1-3-5(4-2)7-6/h3H,4H2,1-2H3/b5-3+. The van der Waals surface area contributed by atoms with E-state index in [4.69, 9.17) is 10.7 Å². The van der Waals surface area contributed by atoms with E-state index in [1.165, 1.54) is 15.9 Å². The normalized spacial score (nSPS) is 12.1. The van der Waals surface area contributed by atoms with Gasteiger partial charge in [0.15, 0.2) is 0 Å². The SMILES string of the molecule is C/C=C(\CC)SCl. The quantitative estimate of drug-likeness (QED) is 0.562. The van der Waals surface area contributed by atoms with Crippen molar-refractivity contribution < 1.29 is 0 Å². The van der Waals surface area contributed by atoms with Crippen molar-refractivity contribution >= 4 is 21.7 Å². The molecule has 0 aliphatic heterocycles. The fourth-order valence-electron chi connectivity index (χ4n) is 0.303. The summed E-state index contributed by atoms with van der Waals surface area (Å²) in [6.07, 6.45) is 3.07. The first-order valence-electron chi connectivity index (χ1n) is 2.29. The first-order chi connectivity index (χ1) is 3.35. The second-order valence-electron chi connectivity index (χ2n) is 1.19. The highest BCUT2D eigenvalue weighted by molar-refractivity contribution is 8.24. The monoisotopic (exact) mass is 136 g/mol. The Balaban J connectivity index is 3.38. The lowest BCUT2D eigenvalue weighted by Gasteiger charge is -1.90. The number of allylic oxidation sites excluding steroid dienone is 2. The molecule has 0 aromatic rings. The molecule has 0 heterocycles. The van der Waals surface area contributed by atoms with Crippen LogP contribution in [0.15, 0.2) is 11.0 Å². The molecule has 0 bridgehead atoms. The third kappa shape index (κ3) is 3.01. The third-order valence-electron chi connectivity index (χ3n) is 0.770. The van der Waals surface area contributed by atoms with Gasteiger partial charge in [0.05, 0.1) is 0 Å². The number of halogens is 1. The number of hydrogen-bond acceptors (Lipinski definition) is 1. The van der Waals surface area contributed by atoms with E-state index in [2.05, 4.69) is 6.92 Å². The van der Waals surface area contributed by atoms with Gasteiger partial charge in [-0.2, -0.15) is 0 Å². The van der Waals surface area contributed by atoms with Crippen LogP contribution in [0.3, 0.4) is 0 Å². The Morgan fingerprint density at radius 3 is 2.43 bits per heavy atom. The third-order valence-corrected chi connectivity index (χ3v) is 2.09. The van der Waals surface area contributed by atoms with Gasteiger partial charge in [0, 0.05) is 0 Å². The van der Waals surface area contributed by atoms with Crippen molar-refractivity contribution in [3.05, 3.63) is 11.0 Å². The van der Waals surface area contributed by atoms with E-state index in [0.29, 0.717) is 0 Å². The van der Waals surface area contributed by atoms with Gasteiger partial charge >= 0.3 is 0 Å². The minimum atomic E-state index is 1.05. The van der Waals surface area contributed by atoms with Gasteiger partial charge in [0.1, 0.15) is 0 Å². The first kappa shape index (κ1) is 7.38. The lowest BCUT2D eigenvalue weighted by atomic mass is 10.4. The van der Waals surface area contributed by atoms with Crippen LogP contribution in [0.4, 0.5) is 0 Å². The van der Waals surface area contributed by atoms with Crippen molar-refractivity contribution in [3.63, 3.8) is 0 Å². The summed E-state index contributed by atoms with van der Waals surface area (Å²) in [4.78, 5) is 1.24. The lowest BCUT2D eigenvalue weighted by Crippen LogP contribution is -1.63. The van der Waals surface area contributed by atoms with Gasteiger partial charge in [-0.3, -0.25) is 0 Å². The average Bonchev–Trinajstić information content (AvgIpc) is 1.72. The summed E-state index contributed by atoms with van der Waals surface area (Å²) in [5, 5.41) is 0. The summed E-state index contributed by atoms with van der Waals surface area (Å²) >= 11 is 0. The minimum Gasteiger partial charge on any atom is -0.0769 e. The maximum Gasteiger partial charge on any atom is -0.00368 e. The van der Waals surface area contributed by atoms with Crippen LogP contribution >= 0.6 is 21.7 Å². The Hall–Kier alpha value is 0.380. The van der Waals surface area contributed by atoms with E-state index < -0.39 is 0 Å². The van der Waals surface area contributed by atoms with Crippen molar-refractivity contribution in [1.82, 2.24) is 0 Å². The van der Waals surface area contributed by atoms with Crippen molar-refractivity contribution in [2.24, 2.45) is 0 Å². The molecule has 0 fully saturated rings. The zero-order valence-corrected chi connectivity index (χ0v) is 6.14. The van der Waals surface area contributed by atoms with E-state index in [1.807, 2.05) is 13.0 Å². The van der Waals surface area contributed by atoms with E-state index >= 15 is 0 Å². The molecule has 2 heteroatoms. The van der Waals surface area contributed by atoms with Crippen molar-refractivity contribution in [1.29, 1.82) is 0 Å². The topological polar surface area (TPSA) is 0 Å². The largest absolute Gasteiger partial charge is 0.0769 e. The molecule has 0 saturated heterocycles. The van der Waals surface area contributed by atoms with Gasteiger partial charge in [0.2, 0.25) is 0 Å². The van der Waals surface area contributed by atoms with Crippen LogP contribution in [0.25, 0.3) is 0 Å². The van der Waals surface area contributed by atoms with Gasteiger partial charge in [-0.1, -0.05) is 13.0 Å².